The number of nitrogens with zero attached hydrogens (tertiary/aromatic N) is 2. The molecule has 5 heteroatoms. The summed E-state index contributed by atoms with van der Waals surface area (Å²) in [6, 6.07) is 0. The summed E-state index contributed by atoms with van der Waals surface area (Å²) in [6.45, 7) is 13.1. The summed E-state index contributed by atoms with van der Waals surface area (Å²) in [5.74, 6) is -0.803. The lowest BCUT2D eigenvalue weighted by Gasteiger charge is -2.33. The molecule has 0 unspecified atom stereocenters. The summed E-state index contributed by atoms with van der Waals surface area (Å²) >= 11 is 1.60. The largest absolute Gasteiger partial charge is 0.480 e. The van der Waals surface area contributed by atoms with Gasteiger partial charge in [-0.05, 0) is 20.8 Å². The molecule has 0 spiro atoms. The van der Waals surface area contributed by atoms with E-state index in [1.54, 1.807) is 11.3 Å². The van der Waals surface area contributed by atoms with Crippen molar-refractivity contribution in [3.05, 3.63) is 16.1 Å². The molecule has 19 heavy (non-hydrogen) atoms. The van der Waals surface area contributed by atoms with Gasteiger partial charge in [0.25, 0.3) is 0 Å². The van der Waals surface area contributed by atoms with Gasteiger partial charge in [0.2, 0.25) is 0 Å². The molecule has 1 aromatic heterocycles. The van der Waals surface area contributed by atoms with Crippen LogP contribution in [0.3, 0.4) is 0 Å². The second-order valence-electron chi connectivity index (χ2n) is 6.80. The highest BCUT2D eigenvalue weighted by atomic mass is 32.1. The summed E-state index contributed by atoms with van der Waals surface area (Å²) in [4.78, 5) is 17.5. The molecular weight excluding hydrogens is 260 g/mol. The van der Waals surface area contributed by atoms with Gasteiger partial charge in [0.1, 0.15) is 5.01 Å². The second-order valence-corrected chi connectivity index (χ2v) is 7.74. The van der Waals surface area contributed by atoms with Crippen molar-refractivity contribution in [2.75, 3.05) is 6.54 Å². The molecule has 0 saturated heterocycles. The number of hydrogen-bond acceptors (Lipinski definition) is 4. The quantitative estimate of drug-likeness (QED) is 0.923. The Morgan fingerprint density at radius 3 is 2.26 bits per heavy atom. The van der Waals surface area contributed by atoms with Crippen molar-refractivity contribution in [3.63, 3.8) is 0 Å². The molecule has 0 aliphatic rings. The SMILES string of the molecule is CC(C)(C)c1csc(CN(CC(=O)O)C(C)(C)C)n1. The van der Waals surface area contributed by atoms with E-state index in [0.717, 1.165) is 10.7 Å². The van der Waals surface area contributed by atoms with E-state index < -0.39 is 5.97 Å². The van der Waals surface area contributed by atoms with Crippen LogP contribution in [0.25, 0.3) is 0 Å². The third kappa shape index (κ3) is 4.91. The predicted octanol–water partition coefficient (Wildman–Crippen LogP) is 3.13. The predicted molar refractivity (Wildman–Crippen MR) is 78.6 cm³/mol. The van der Waals surface area contributed by atoms with Crippen LogP contribution in [0.1, 0.15) is 52.2 Å². The van der Waals surface area contributed by atoms with Crippen molar-refractivity contribution < 1.29 is 9.90 Å². The van der Waals surface area contributed by atoms with Gasteiger partial charge in [-0.15, -0.1) is 11.3 Å². The zero-order valence-corrected chi connectivity index (χ0v) is 13.5. The minimum absolute atomic E-state index is 0.0356. The highest BCUT2D eigenvalue weighted by Gasteiger charge is 2.25. The molecule has 0 atom stereocenters. The van der Waals surface area contributed by atoms with Crippen molar-refractivity contribution >= 4 is 17.3 Å². The lowest BCUT2D eigenvalue weighted by atomic mass is 9.93. The van der Waals surface area contributed by atoms with Crippen molar-refractivity contribution in [2.45, 2.75) is 59.0 Å². The molecule has 1 N–H and O–H groups in total. The van der Waals surface area contributed by atoms with Gasteiger partial charge in [-0.25, -0.2) is 4.98 Å². The topological polar surface area (TPSA) is 53.4 Å². The Bertz CT molecular complexity index is 441. The fraction of sp³-hybridized carbons (Fsp3) is 0.714. The zero-order chi connectivity index (χ0) is 14.8. The van der Waals surface area contributed by atoms with E-state index in [9.17, 15) is 4.79 Å². The van der Waals surface area contributed by atoms with Gasteiger partial charge < -0.3 is 5.11 Å². The fourth-order valence-corrected chi connectivity index (χ4v) is 2.62. The fourth-order valence-electron chi connectivity index (χ4n) is 1.58. The molecule has 4 nitrogen and oxygen atoms in total. The van der Waals surface area contributed by atoms with Gasteiger partial charge in [-0.3, -0.25) is 9.69 Å². The Labute approximate surface area is 119 Å². The first-order valence-electron chi connectivity index (χ1n) is 6.42. The zero-order valence-electron chi connectivity index (χ0n) is 12.6. The maximum absolute atomic E-state index is 11.0. The molecule has 1 aromatic rings. The molecule has 0 bridgehead atoms. The first-order valence-corrected chi connectivity index (χ1v) is 7.30. The van der Waals surface area contributed by atoms with Gasteiger partial charge in [0.05, 0.1) is 18.8 Å². The van der Waals surface area contributed by atoms with Gasteiger partial charge in [-0.1, -0.05) is 20.8 Å². The number of aromatic nitrogens is 1. The average Bonchev–Trinajstić information content (AvgIpc) is 2.62. The van der Waals surface area contributed by atoms with E-state index in [-0.39, 0.29) is 17.5 Å². The number of thiazole rings is 1. The van der Waals surface area contributed by atoms with E-state index >= 15 is 0 Å². The number of carbonyl (C=O) groups is 1. The molecule has 0 aliphatic carbocycles. The molecule has 1 heterocycles. The number of carboxylic acids is 1. The van der Waals surface area contributed by atoms with Crippen LogP contribution < -0.4 is 0 Å². The Morgan fingerprint density at radius 1 is 1.32 bits per heavy atom. The molecule has 0 aromatic carbocycles. The van der Waals surface area contributed by atoms with E-state index in [1.165, 1.54) is 0 Å². The smallest absolute Gasteiger partial charge is 0.317 e. The van der Waals surface area contributed by atoms with Crippen molar-refractivity contribution in [1.29, 1.82) is 0 Å². The molecular formula is C14H24N2O2S. The maximum Gasteiger partial charge on any atom is 0.317 e. The van der Waals surface area contributed by atoms with E-state index in [1.807, 2.05) is 25.7 Å². The van der Waals surface area contributed by atoms with Crippen LogP contribution in [0.5, 0.6) is 0 Å². The lowest BCUT2D eigenvalue weighted by Crippen LogP contribution is -2.43. The Kier molecular flexibility index (Phi) is 4.74. The van der Waals surface area contributed by atoms with Crippen molar-refractivity contribution in [3.8, 4) is 0 Å². The summed E-state index contributed by atoms with van der Waals surface area (Å²) in [5.41, 5.74) is 0.914. The van der Waals surface area contributed by atoms with E-state index in [2.05, 4.69) is 31.1 Å². The minimum atomic E-state index is -0.803. The summed E-state index contributed by atoms with van der Waals surface area (Å²) in [6.07, 6.45) is 0. The van der Waals surface area contributed by atoms with Crippen LogP contribution in [0.15, 0.2) is 5.38 Å². The Balaban J connectivity index is 2.85. The molecule has 1 rings (SSSR count). The molecule has 0 aliphatic heterocycles. The number of carboxylic acid groups (broad SMARTS) is 1. The second kappa shape index (κ2) is 5.59. The number of rotatable bonds is 4. The standard InChI is InChI=1S/C14H24N2O2S/c1-13(2,3)10-9-19-11(15-10)7-16(8-12(17)18)14(4,5)6/h9H,7-8H2,1-6H3,(H,17,18). The third-order valence-corrected chi connectivity index (χ3v) is 3.75. The highest BCUT2D eigenvalue weighted by molar-refractivity contribution is 7.09. The third-order valence-electron chi connectivity index (χ3n) is 2.92. The first kappa shape index (κ1) is 16.1. The molecule has 0 amide bonds. The van der Waals surface area contributed by atoms with Crippen molar-refractivity contribution in [1.82, 2.24) is 9.88 Å². The van der Waals surface area contributed by atoms with E-state index in [0.29, 0.717) is 6.54 Å². The molecule has 108 valence electrons. The van der Waals surface area contributed by atoms with Crippen LogP contribution in [0.2, 0.25) is 0 Å². The Morgan fingerprint density at radius 2 is 1.89 bits per heavy atom. The van der Waals surface area contributed by atoms with E-state index in [4.69, 9.17) is 5.11 Å². The summed E-state index contributed by atoms with van der Waals surface area (Å²) in [5, 5.41) is 12.0. The highest BCUT2D eigenvalue weighted by Crippen LogP contribution is 2.26. The number of hydrogen-bond donors (Lipinski definition) is 1. The number of aliphatic carboxylic acids is 1. The molecule has 0 saturated carbocycles. The summed E-state index contributed by atoms with van der Waals surface area (Å²) < 4.78 is 0. The monoisotopic (exact) mass is 284 g/mol. The first-order chi connectivity index (χ1) is 8.50. The maximum atomic E-state index is 11.0. The van der Waals surface area contributed by atoms with Crippen LogP contribution in [0.4, 0.5) is 0 Å². The Hall–Kier alpha value is -0.940. The van der Waals surface area contributed by atoms with Gasteiger partial charge in [-0.2, -0.15) is 0 Å². The van der Waals surface area contributed by atoms with Crippen LogP contribution >= 0.6 is 11.3 Å². The van der Waals surface area contributed by atoms with Crippen molar-refractivity contribution in [2.24, 2.45) is 0 Å². The van der Waals surface area contributed by atoms with Crippen LogP contribution in [-0.4, -0.2) is 33.0 Å². The van der Waals surface area contributed by atoms with Gasteiger partial charge >= 0.3 is 5.97 Å². The van der Waals surface area contributed by atoms with Crippen LogP contribution in [-0.2, 0) is 16.8 Å². The van der Waals surface area contributed by atoms with Crippen LogP contribution in [0, 0.1) is 0 Å². The summed E-state index contributed by atoms with van der Waals surface area (Å²) in [7, 11) is 0. The molecule has 0 radical (unpaired) electrons. The lowest BCUT2D eigenvalue weighted by molar-refractivity contribution is -0.139. The van der Waals surface area contributed by atoms with Gasteiger partial charge in [0.15, 0.2) is 0 Å². The van der Waals surface area contributed by atoms with Gasteiger partial charge in [0, 0.05) is 16.3 Å². The normalized spacial score (nSPS) is 13.0. The minimum Gasteiger partial charge on any atom is -0.480 e. The average molecular weight is 284 g/mol. The molecule has 0 fully saturated rings.